The van der Waals surface area contributed by atoms with Gasteiger partial charge in [-0.3, -0.25) is 4.99 Å². The molecule has 1 aliphatic heterocycles. The molecule has 0 unspecified atom stereocenters. The fraction of sp³-hybridized carbons (Fsp3) is 0.875. The van der Waals surface area contributed by atoms with Crippen molar-refractivity contribution >= 4 is 5.90 Å². The van der Waals surface area contributed by atoms with Gasteiger partial charge in [-0.2, -0.15) is 0 Å². The van der Waals surface area contributed by atoms with Crippen molar-refractivity contribution in [1.82, 2.24) is 0 Å². The van der Waals surface area contributed by atoms with Crippen LogP contribution in [0.15, 0.2) is 4.99 Å². The van der Waals surface area contributed by atoms with E-state index in [0.717, 1.165) is 31.9 Å². The van der Waals surface area contributed by atoms with Crippen molar-refractivity contribution in [2.45, 2.75) is 26.7 Å². The molecule has 0 amide bonds. The molecule has 0 radical (unpaired) electrons. The highest BCUT2D eigenvalue weighted by Gasteiger charge is 2.16. The maximum absolute atomic E-state index is 5.35. The van der Waals surface area contributed by atoms with Gasteiger partial charge in [0.2, 0.25) is 0 Å². The topological polar surface area (TPSA) is 21.6 Å². The highest BCUT2D eigenvalue weighted by atomic mass is 16.5. The maximum atomic E-state index is 5.35. The number of aliphatic imine (C=N–C) groups is 1. The third-order valence-electron chi connectivity index (χ3n) is 1.94. The molecule has 0 saturated carbocycles. The van der Waals surface area contributed by atoms with E-state index in [1.165, 1.54) is 0 Å². The van der Waals surface area contributed by atoms with Gasteiger partial charge in [0.1, 0.15) is 6.61 Å². The van der Waals surface area contributed by atoms with Crippen molar-refractivity contribution in [1.29, 1.82) is 0 Å². The van der Waals surface area contributed by atoms with Crippen LogP contribution in [0.25, 0.3) is 0 Å². The first-order valence-electron chi connectivity index (χ1n) is 4.05. The summed E-state index contributed by atoms with van der Waals surface area (Å²) < 4.78 is 5.35. The molecule has 0 fully saturated rings. The van der Waals surface area contributed by atoms with Gasteiger partial charge >= 0.3 is 0 Å². The van der Waals surface area contributed by atoms with Gasteiger partial charge in [-0.15, -0.1) is 0 Å². The second kappa shape index (κ2) is 3.59. The molecule has 0 aromatic carbocycles. The third-order valence-corrected chi connectivity index (χ3v) is 1.94. The molecule has 10 heavy (non-hydrogen) atoms. The Labute approximate surface area is 62.3 Å². The first kappa shape index (κ1) is 7.58. The molecule has 1 aliphatic rings. The Bertz CT molecular complexity index is 127. The molecule has 58 valence electrons. The monoisotopic (exact) mass is 141 g/mol. The van der Waals surface area contributed by atoms with Crippen LogP contribution in [-0.4, -0.2) is 19.0 Å². The lowest BCUT2D eigenvalue weighted by atomic mass is 10.0. The van der Waals surface area contributed by atoms with Gasteiger partial charge in [-0.25, -0.2) is 0 Å². The molecule has 2 heteroatoms. The van der Waals surface area contributed by atoms with E-state index < -0.39 is 0 Å². The molecule has 1 heterocycles. The van der Waals surface area contributed by atoms with Crippen molar-refractivity contribution in [2.75, 3.05) is 13.2 Å². The maximum Gasteiger partial charge on any atom is 0.186 e. The molecule has 0 atom stereocenters. The van der Waals surface area contributed by atoms with E-state index in [-0.39, 0.29) is 0 Å². The normalized spacial score (nSPS) is 17.3. The summed E-state index contributed by atoms with van der Waals surface area (Å²) in [7, 11) is 0. The molecule has 0 aromatic rings. The molecular weight excluding hydrogens is 126 g/mol. The van der Waals surface area contributed by atoms with E-state index >= 15 is 0 Å². The lowest BCUT2D eigenvalue weighted by Crippen LogP contribution is -2.12. The molecule has 0 saturated heterocycles. The van der Waals surface area contributed by atoms with Gasteiger partial charge in [0, 0.05) is 5.92 Å². The smallest absolute Gasteiger partial charge is 0.186 e. The predicted molar refractivity (Wildman–Crippen MR) is 42.3 cm³/mol. The van der Waals surface area contributed by atoms with Crippen molar-refractivity contribution in [3.63, 3.8) is 0 Å². The summed E-state index contributed by atoms with van der Waals surface area (Å²) in [5.74, 6) is 1.56. The largest absolute Gasteiger partial charge is 0.479 e. The van der Waals surface area contributed by atoms with Crippen LogP contribution in [0, 0.1) is 5.92 Å². The van der Waals surface area contributed by atoms with Gasteiger partial charge < -0.3 is 4.74 Å². The quantitative estimate of drug-likeness (QED) is 0.587. The standard InChI is InChI=1S/C8H15NO/c1-3-7(4-2)8-9-5-6-10-8/h7H,3-6H2,1-2H3. The molecular formula is C8H15NO. The van der Waals surface area contributed by atoms with E-state index in [9.17, 15) is 0 Å². The fourth-order valence-electron chi connectivity index (χ4n) is 1.24. The summed E-state index contributed by atoms with van der Waals surface area (Å²) in [5, 5.41) is 0. The van der Waals surface area contributed by atoms with E-state index in [4.69, 9.17) is 4.74 Å². The number of ether oxygens (including phenoxy) is 1. The van der Waals surface area contributed by atoms with E-state index in [1.54, 1.807) is 0 Å². The van der Waals surface area contributed by atoms with E-state index in [0.29, 0.717) is 5.92 Å². The van der Waals surface area contributed by atoms with Crippen molar-refractivity contribution in [2.24, 2.45) is 10.9 Å². The highest BCUT2D eigenvalue weighted by Crippen LogP contribution is 2.13. The van der Waals surface area contributed by atoms with Crippen LogP contribution >= 0.6 is 0 Å². The van der Waals surface area contributed by atoms with Crippen LogP contribution in [0.3, 0.4) is 0 Å². The van der Waals surface area contributed by atoms with Gasteiger partial charge in [0.05, 0.1) is 6.54 Å². The van der Waals surface area contributed by atoms with Crippen LogP contribution in [0.5, 0.6) is 0 Å². The van der Waals surface area contributed by atoms with Crippen LogP contribution in [0.1, 0.15) is 26.7 Å². The minimum absolute atomic E-state index is 0.572. The lowest BCUT2D eigenvalue weighted by molar-refractivity contribution is 0.318. The summed E-state index contributed by atoms with van der Waals surface area (Å²) in [6.07, 6.45) is 2.30. The van der Waals surface area contributed by atoms with E-state index in [1.807, 2.05) is 0 Å². The Kier molecular flexibility index (Phi) is 2.72. The summed E-state index contributed by atoms with van der Waals surface area (Å²) in [6, 6.07) is 0. The molecule has 2 nitrogen and oxygen atoms in total. The minimum atomic E-state index is 0.572. The molecule has 1 rings (SSSR count). The van der Waals surface area contributed by atoms with Crippen molar-refractivity contribution in [3.8, 4) is 0 Å². The molecule has 0 spiro atoms. The number of hydrogen-bond acceptors (Lipinski definition) is 2. The zero-order chi connectivity index (χ0) is 7.40. The summed E-state index contributed by atoms with van der Waals surface area (Å²) in [5.41, 5.74) is 0. The van der Waals surface area contributed by atoms with Crippen LogP contribution in [0.4, 0.5) is 0 Å². The third kappa shape index (κ3) is 1.49. The SMILES string of the molecule is CCC(CC)C1=NCCO1. The van der Waals surface area contributed by atoms with Gasteiger partial charge in [-0.05, 0) is 12.8 Å². The van der Waals surface area contributed by atoms with Gasteiger partial charge in [0.15, 0.2) is 5.90 Å². The number of nitrogens with zero attached hydrogens (tertiary/aromatic N) is 1. The number of hydrogen-bond donors (Lipinski definition) is 0. The fourth-order valence-corrected chi connectivity index (χ4v) is 1.24. The Hall–Kier alpha value is -0.530. The molecule has 0 bridgehead atoms. The second-order valence-corrected chi connectivity index (χ2v) is 2.58. The molecule has 0 aromatic heterocycles. The first-order chi connectivity index (χ1) is 4.88. The predicted octanol–water partition coefficient (Wildman–Crippen LogP) is 1.85. The Morgan fingerprint density at radius 1 is 1.50 bits per heavy atom. The van der Waals surface area contributed by atoms with Gasteiger partial charge in [0.25, 0.3) is 0 Å². The first-order valence-corrected chi connectivity index (χ1v) is 4.05. The summed E-state index contributed by atoms with van der Waals surface area (Å²) in [4.78, 5) is 4.27. The lowest BCUT2D eigenvalue weighted by Gasteiger charge is -2.10. The second-order valence-electron chi connectivity index (χ2n) is 2.58. The average Bonchev–Trinajstić information content (AvgIpc) is 2.43. The number of rotatable bonds is 3. The Balaban J connectivity index is 2.44. The van der Waals surface area contributed by atoms with Crippen LogP contribution in [-0.2, 0) is 4.74 Å². The zero-order valence-electron chi connectivity index (χ0n) is 6.76. The Morgan fingerprint density at radius 3 is 2.60 bits per heavy atom. The average molecular weight is 141 g/mol. The van der Waals surface area contributed by atoms with Gasteiger partial charge in [-0.1, -0.05) is 13.8 Å². The van der Waals surface area contributed by atoms with Crippen LogP contribution < -0.4 is 0 Å². The summed E-state index contributed by atoms with van der Waals surface area (Å²) >= 11 is 0. The Morgan fingerprint density at radius 2 is 2.20 bits per heavy atom. The van der Waals surface area contributed by atoms with E-state index in [2.05, 4.69) is 18.8 Å². The van der Waals surface area contributed by atoms with Crippen molar-refractivity contribution < 1.29 is 4.74 Å². The zero-order valence-corrected chi connectivity index (χ0v) is 6.76. The molecule has 0 N–H and O–H groups in total. The molecule has 0 aliphatic carbocycles. The van der Waals surface area contributed by atoms with Crippen molar-refractivity contribution in [3.05, 3.63) is 0 Å². The highest BCUT2D eigenvalue weighted by molar-refractivity contribution is 5.79. The summed E-state index contributed by atoms with van der Waals surface area (Å²) in [6.45, 7) is 6.02. The van der Waals surface area contributed by atoms with Crippen LogP contribution in [0.2, 0.25) is 0 Å². The minimum Gasteiger partial charge on any atom is -0.479 e.